The van der Waals surface area contributed by atoms with Crippen molar-refractivity contribution in [1.29, 1.82) is 0 Å². The molecule has 1 aromatic rings. The molecule has 1 unspecified atom stereocenters. The molecule has 2 N–H and O–H groups in total. The van der Waals surface area contributed by atoms with E-state index in [1.807, 2.05) is 31.2 Å². The van der Waals surface area contributed by atoms with Gasteiger partial charge in [0, 0.05) is 18.7 Å². The van der Waals surface area contributed by atoms with Crippen LogP contribution in [-0.2, 0) is 11.3 Å². The topological polar surface area (TPSA) is 50.4 Å². The van der Waals surface area contributed by atoms with Crippen LogP contribution >= 0.6 is 0 Å². The number of hydrogen-bond acceptors (Lipinski definition) is 3. The van der Waals surface area contributed by atoms with E-state index in [-0.39, 0.29) is 11.3 Å². The quantitative estimate of drug-likeness (QED) is 0.844. The largest absolute Gasteiger partial charge is 0.496 e. The monoisotopic (exact) mass is 248 g/mol. The van der Waals surface area contributed by atoms with Crippen molar-refractivity contribution in [3.05, 3.63) is 29.8 Å². The van der Waals surface area contributed by atoms with Crippen LogP contribution in [0, 0.1) is 5.41 Å². The molecule has 1 atom stereocenters. The number of nitrogens with one attached hydrogen (secondary N) is 2. The highest BCUT2D eigenvalue weighted by atomic mass is 16.5. The Morgan fingerprint density at radius 3 is 2.94 bits per heavy atom. The summed E-state index contributed by atoms with van der Waals surface area (Å²) in [6.45, 7) is 4.19. The van der Waals surface area contributed by atoms with Crippen molar-refractivity contribution in [1.82, 2.24) is 10.6 Å². The Morgan fingerprint density at radius 1 is 1.50 bits per heavy atom. The van der Waals surface area contributed by atoms with Gasteiger partial charge in [0.1, 0.15) is 5.75 Å². The Morgan fingerprint density at radius 2 is 2.28 bits per heavy atom. The maximum atomic E-state index is 12.1. The maximum Gasteiger partial charge on any atom is 0.227 e. The summed E-state index contributed by atoms with van der Waals surface area (Å²) in [7, 11) is 1.64. The van der Waals surface area contributed by atoms with Crippen molar-refractivity contribution in [3.63, 3.8) is 0 Å². The standard InChI is InChI=1S/C14H20N2O2/c1-14(7-8-15-10-14)13(17)16-9-11-5-3-4-6-12(11)18-2/h3-6,15H,7-10H2,1-2H3,(H,16,17). The van der Waals surface area contributed by atoms with E-state index in [1.165, 1.54) is 0 Å². The first-order valence-electron chi connectivity index (χ1n) is 6.27. The van der Waals surface area contributed by atoms with E-state index in [0.29, 0.717) is 6.54 Å². The van der Waals surface area contributed by atoms with Crippen molar-refractivity contribution in [2.45, 2.75) is 19.9 Å². The van der Waals surface area contributed by atoms with Gasteiger partial charge in [0.2, 0.25) is 5.91 Å². The molecular weight excluding hydrogens is 228 g/mol. The summed E-state index contributed by atoms with van der Waals surface area (Å²) in [6, 6.07) is 7.74. The highest BCUT2D eigenvalue weighted by Crippen LogP contribution is 2.25. The second-order valence-corrected chi connectivity index (χ2v) is 4.98. The highest BCUT2D eigenvalue weighted by Gasteiger charge is 2.35. The minimum absolute atomic E-state index is 0.110. The first-order valence-corrected chi connectivity index (χ1v) is 6.27. The van der Waals surface area contributed by atoms with Crippen molar-refractivity contribution < 1.29 is 9.53 Å². The molecule has 0 saturated carbocycles. The van der Waals surface area contributed by atoms with Gasteiger partial charge in [-0.05, 0) is 26.0 Å². The number of carbonyl (C=O) groups is 1. The van der Waals surface area contributed by atoms with E-state index >= 15 is 0 Å². The zero-order valence-electron chi connectivity index (χ0n) is 11.0. The van der Waals surface area contributed by atoms with Gasteiger partial charge in [-0.25, -0.2) is 0 Å². The minimum atomic E-state index is -0.276. The van der Waals surface area contributed by atoms with E-state index in [9.17, 15) is 4.79 Å². The fourth-order valence-electron chi connectivity index (χ4n) is 2.25. The molecule has 1 aromatic carbocycles. The van der Waals surface area contributed by atoms with Crippen molar-refractivity contribution in [2.75, 3.05) is 20.2 Å². The third kappa shape index (κ3) is 2.64. The van der Waals surface area contributed by atoms with E-state index in [4.69, 9.17) is 4.74 Å². The summed E-state index contributed by atoms with van der Waals surface area (Å²) in [6.07, 6.45) is 0.894. The molecule has 1 aliphatic heterocycles. The number of rotatable bonds is 4. The van der Waals surface area contributed by atoms with Crippen LogP contribution < -0.4 is 15.4 Å². The zero-order valence-corrected chi connectivity index (χ0v) is 11.0. The molecule has 0 bridgehead atoms. The first kappa shape index (κ1) is 12.9. The molecule has 2 rings (SSSR count). The lowest BCUT2D eigenvalue weighted by Gasteiger charge is -2.21. The van der Waals surface area contributed by atoms with Gasteiger partial charge in [0.05, 0.1) is 12.5 Å². The summed E-state index contributed by atoms with van der Waals surface area (Å²) in [5, 5.41) is 6.23. The second-order valence-electron chi connectivity index (χ2n) is 4.98. The van der Waals surface area contributed by atoms with Gasteiger partial charge < -0.3 is 15.4 Å². The SMILES string of the molecule is COc1ccccc1CNC(=O)C1(C)CCNC1. The van der Waals surface area contributed by atoms with Crippen LogP contribution in [0.3, 0.4) is 0 Å². The average Bonchev–Trinajstić information content (AvgIpc) is 2.84. The number of carbonyl (C=O) groups excluding carboxylic acids is 1. The van der Waals surface area contributed by atoms with Gasteiger partial charge in [0.15, 0.2) is 0 Å². The van der Waals surface area contributed by atoms with Crippen molar-refractivity contribution in [3.8, 4) is 5.75 Å². The lowest BCUT2D eigenvalue weighted by atomic mass is 9.89. The van der Waals surface area contributed by atoms with Crippen molar-refractivity contribution in [2.24, 2.45) is 5.41 Å². The molecule has 98 valence electrons. The van der Waals surface area contributed by atoms with Gasteiger partial charge in [-0.1, -0.05) is 18.2 Å². The molecule has 18 heavy (non-hydrogen) atoms. The summed E-state index contributed by atoms with van der Waals surface area (Å²) in [5.41, 5.74) is 0.727. The number of ether oxygens (including phenoxy) is 1. The Kier molecular flexibility index (Phi) is 3.87. The number of hydrogen-bond donors (Lipinski definition) is 2. The highest BCUT2D eigenvalue weighted by molar-refractivity contribution is 5.82. The average molecular weight is 248 g/mol. The Labute approximate surface area is 108 Å². The Balaban J connectivity index is 1.97. The molecule has 4 nitrogen and oxygen atoms in total. The van der Waals surface area contributed by atoms with Crippen LogP contribution in [0.25, 0.3) is 0 Å². The van der Waals surface area contributed by atoms with Gasteiger partial charge in [-0.3, -0.25) is 4.79 Å². The normalized spacial score (nSPS) is 22.8. The van der Waals surface area contributed by atoms with E-state index in [0.717, 1.165) is 30.8 Å². The molecule has 0 aliphatic carbocycles. The van der Waals surface area contributed by atoms with Crippen LogP contribution in [0.4, 0.5) is 0 Å². The fraction of sp³-hybridized carbons (Fsp3) is 0.500. The number of amides is 1. The van der Waals surface area contributed by atoms with Crippen LogP contribution in [0.15, 0.2) is 24.3 Å². The van der Waals surface area contributed by atoms with Gasteiger partial charge >= 0.3 is 0 Å². The van der Waals surface area contributed by atoms with Crippen molar-refractivity contribution >= 4 is 5.91 Å². The fourth-order valence-corrected chi connectivity index (χ4v) is 2.25. The summed E-state index contributed by atoms with van der Waals surface area (Å²) in [4.78, 5) is 12.1. The lowest BCUT2D eigenvalue weighted by Crippen LogP contribution is -2.40. The van der Waals surface area contributed by atoms with Gasteiger partial charge in [-0.15, -0.1) is 0 Å². The smallest absolute Gasteiger partial charge is 0.227 e. The number of para-hydroxylation sites is 1. The van der Waals surface area contributed by atoms with E-state index in [2.05, 4.69) is 10.6 Å². The molecular formula is C14H20N2O2. The molecule has 1 heterocycles. The third-order valence-electron chi connectivity index (χ3n) is 3.55. The number of benzene rings is 1. The molecule has 0 radical (unpaired) electrons. The minimum Gasteiger partial charge on any atom is -0.496 e. The summed E-state index contributed by atoms with van der Waals surface area (Å²) < 4.78 is 5.26. The van der Waals surface area contributed by atoms with Crippen LogP contribution in [0.2, 0.25) is 0 Å². The summed E-state index contributed by atoms with van der Waals surface area (Å²) in [5.74, 6) is 0.922. The number of methoxy groups -OCH3 is 1. The molecule has 1 amide bonds. The molecule has 1 aliphatic rings. The first-order chi connectivity index (χ1) is 8.65. The van der Waals surface area contributed by atoms with Crippen LogP contribution in [0.1, 0.15) is 18.9 Å². The van der Waals surface area contributed by atoms with Crippen LogP contribution in [0.5, 0.6) is 5.75 Å². The molecule has 1 fully saturated rings. The lowest BCUT2D eigenvalue weighted by molar-refractivity contribution is -0.129. The van der Waals surface area contributed by atoms with Gasteiger partial charge in [0.25, 0.3) is 0 Å². The molecule has 0 spiro atoms. The maximum absolute atomic E-state index is 12.1. The predicted molar refractivity (Wildman–Crippen MR) is 70.4 cm³/mol. The Bertz CT molecular complexity index is 426. The zero-order chi connectivity index (χ0) is 13.0. The van der Waals surface area contributed by atoms with Crippen LogP contribution in [-0.4, -0.2) is 26.1 Å². The predicted octanol–water partition coefficient (Wildman–Crippen LogP) is 1.31. The Hall–Kier alpha value is -1.55. The summed E-state index contributed by atoms with van der Waals surface area (Å²) >= 11 is 0. The van der Waals surface area contributed by atoms with E-state index < -0.39 is 0 Å². The van der Waals surface area contributed by atoms with Gasteiger partial charge in [-0.2, -0.15) is 0 Å². The third-order valence-corrected chi connectivity index (χ3v) is 3.55. The second kappa shape index (κ2) is 5.40. The molecule has 1 saturated heterocycles. The van der Waals surface area contributed by atoms with E-state index in [1.54, 1.807) is 7.11 Å². The molecule has 4 heteroatoms. The molecule has 0 aromatic heterocycles.